The van der Waals surface area contributed by atoms with Crippen molar-refractivity contribution in [2.45, 2.75) is 33.6 Å². The molecule has 1 aromatic carbocycles. The number of benzene rings is 1. The van der Waals surface area contributed by atoms with Gasteiger partial charge >= 0.3 is 0 Å². The molecule has 1 aliphatic heterocycles. The maximum Gasteiger partial charge on any atom is 0.227 e. The topological polar surface area (TPSA) is 66.5 Å². The summed E-state index contributed by atoms with van der Waals surface area (Å²) in [5.41, 5.74) is 2.98. The lowest BCUT2D eigenvalue weighted by molar-refractivity contribution is -0.120. The van der Waals surface area contributed by atoms with Crippen molar-refractivity contribution in [3.63, 3.8) is 0 Å². The predicted molar refractivity (Wildman–Crippen MR) is 88.3 cm³/mol. The van der Waals surface area contributed by atoms with Gasteiger partial charge in [-0.2, -0.15) is 0 Å². The third kappa shape index (κ3) is 3.87. The van der Waals surface area contributed by atoms with Crippen LogP contribution in [0.2, 0.25) is 0 Å². The minimum Gasteiger partial charge on any atom is -0.326 e. The number of carbonyl (C=O) groups excluding carboxylic acids is 1. The van der Waals surface area contributed by atoms with Gasteiger partial charge in [-0.1, -0.05) is 12.1 Å². The van der Waals surface area contributed by atoms with Crippen LogP contribution in [0.1, 0.15) is 30.9 Å². The zero-order valence-corrected chi connectivity index (χ0v) is 14.2. The lowest BCUT2D eigenvalue weighted by Crippen LogP contribution is -2.42. The molecule has 0 radical (unpaired) electrons. The molecule has 122 valence electrons. The molecule has 0 spiro atoms. The third-order valence-electron chi connectivity index (χ3n) is 4.23. The molecule has 0 aromatic heterocycles. The van der Waals surface area contributed by atoms with Crippen LogP contribution in [0.4, 0.5) is 5.69 Å². The second-order valence-corrected chi connectivity index (χ2v) is 8.14. The smallest absolute Gasteiger partial charge is 0.227 e. The SMILES string of the molecule is CCS(=O)(=O)N1CCC(C(=O)Nc2cc(C)ccc2C)CC1. The fourth-order valence-electron chi connectivity index (χ4n) is 2.68. The van der Waals surface area contributed by atoms with Gasteiger partial charge in [0.1, 0.15) is 0 Å². The Balaban J connectivity index is 1.97. The Kier molecular flexibility index (Phi) is 5.24. The number of sulfonamides is 1. The number of rotatable bonds is 4. The Morgan fingerprint density at radius 1 is 1.27 bits per heavy atom. The van der Waals surface area contributed by atoms with Crippen LogP contribution < -0.4 is 5.32 Å². The number of carbonyl (C=O) groups is 1. The van der Waals surface area contributed by atoms with Gasteiger partial charge in [0.25, 0.3) is 0 Å². The quantitative estimate of drug-likeness (QED) is 0.924. The maximum atomic E-state index is 12.4. The van der Waals surface area contributed by atoms with Gasteiger partial charge in [-0.05, 0) is 50.8 Å². The van der Waals surface area contributed by atoms with Gasteiger partial charge in [0, 0.05) is 24.7 Å². The molecule has 1 N–H and O–H groups in total. The van der Waals surface area contributed by atoms with Crippen molar-refractivity contribution in [2.24, 2.45) is 5.92 Å². The van der Waals surface area contributed by atoms with E-state index in [0.29, 0.717) is 25.9 Å². The van der Waals surface area contributed by atoms with E-state index in [0.717, 1.165) is 16.8 Å². The van der Waals surface area contributed by atoms with E-state index in [1.165, 1.54) is 4.31 Å². The summed E-state index contributed by atoms with van der Waals surface area (Å²) in [6.45, 7) is 6.46. The van der Waals surface area contributed by atoms with Crippen molar-refractivity contribution in [2.75, 3.05) is 24.2 Å². The van der Waals surface area contributed by atoms with Gasteiger partial charge in [-0.3, -0.25) is 4.79 Å². The van der Waals surface area contributed by atoms with Crippen LogP contribution in [-0.4, -0.2) is 37.5 Å². The Morgan fingerprint density at radius 3 is 2.50 bits per heavy atom. The summed E-state index contributed by atoms with van der Waals surface area (Å²) in [6, 6.07) is 5.96. The molecule has 0 bridgehead atoms. The number of aryl methyl sites for hydroxylation is 2. The molecule has 2 rings (SSSR count). The molecule has 1 amide bonds. The second-order valence-electron chi connectivity index (χ2n) is 5.88. The van der Waals surface area contributed by atoms with E-state index in [-0.39, 0.29) is 17.6 Å². The summed E-state index contributed by atoms with van der Waals surface area (Å²) >= 11 is 0. The first-order chi connectivity index (χ1) is 10.3. The summed E-state index contributed by atoms with van der Waals surface area (Å²) in [5.74, 6) is -0.0164. The fraction of sp³-hybridized carbons (Fsp3) is 0.562. The van der Waals surface area contributed by atoms with Gasteiger partial charge in [0.05, 0.1) is 5.75 Å². The average Bonchev–Trinajstić information content (AvgIpc) is 2.51. The molecule has 0 aliphatic carbocycles. The van der Waals surface area contributed by atoms with E-state index in [4.69, 9.17) is 0 Å². The molecule has 1 heterocycles. The number of hydrogen-bond acceptors (Lipinski definition) is 3. The monoisotopic (exact) mass is 324 g/mol. The van der Waals surface area contributed by atoms with Crippen LogP contribution in [-0.2, 0) is 14.8 Å². The highest BCUT2D eigenvalue weighted by Gasteiger charge is 2.30. The average molecular weight is 324 g/mol. The molecule has 6 heteroatoms. The van der Waals surface area contributed by atoms with Crippen molar-refractivity contribution >= 4 is 21.6 Å². The molecule has 0 saturated carbocycles. The standard InChI is InChI=1S/C16H24N2O3S/c1-4-22(20,21)18-9-7-14(8-10-18)16(19)17-15-11-12(2)5-6-13(15)3/h5-6,11,14H,4,7-10H2,1-3H3,(H,17,19). The Hall–Kier alpha value is -1.40. The number of piperidine rings is 1. The Labute approximate surface area is 132 Å². The maximum absolute atomic E-state index is 12.4. The molecule has 0 atom stereocenters. The largest absolute Gasteiger partial charge is 0.326 e. The van der Waals surface area contributed by atoms with Crippen LogP contribution in [0.15, 0.2) is 18.2 Å². The number of nitrogens with zero attached hydrogens (tertiary/aromatic N) is 1. The molecule has 1 aliphatic rings. The van der Waals surface area contributed by atoms with Crippen molar-refractivity contribution in [1.29, 1.82) is 0 Å². The van der Waals surface area contributed by atoms with Gasteiger partial charge in [-0.25, -0.2) is 12.7 Å². The zero-order valence-electron chi connectivity index (χ0n) is 13.4. The van der Waals surface area contributed by atoms with Gasteiger partial charge in [-0.15, -0.1) is 0 Å². The van der Waals surface area contributed by atoms with Crippen molar-refractivity contribution in [1.82, 2.24) is 4.31 Å². The van der Waals surface area contributed by atoms with Crippen LogP contribution >= 0.6 is 0 Å². The van der Waals surface area contributed by atoms with Crippen molar-refractivity contribution < 1.29 is 13.2 Å². The van der Waals surface area contributed by atoms with E-state index in [1.807, 2.05) is 32.0 Å². The third-order valence-corrected chi connectivity index (χ3v) is 6.12. The molecule has 1 saturated heterocycles. The van der Waals surface area contributed by atoms with E-state index in [2.05, 4.69) is 5.32 Å². The first-order valence-corrected chi connectivity index (χ1v) is 9.30. The zero-order chi connectivity index (χ0) is 16.3. The van der Waals surface area contributed by atoms with E-state index in [9.17, 15) is 13.2 Å². The van der Waals surface area contributed by atoms with Crippen LogP contribution in [0.25, 0.3) is 0 Å². The lowest BCUT2D eigenvalue weighted by Gasteiger charge is -2.30. The number of anilines is 1. The van der Waals surface area contributed by atoms with Crippen LogP contribution in [0, 0.1) is 19.8 Å². The van der Waals surface area contributed by atoms with Crippen LogP contribution in [0.5, 0.6) is 0 Å². The van der Waals surface area contributed by atoms with Gasteiger partial charge in [0.2, 0.25) is 15.9 Å². The Morgan fingerprint density at radius 2 is 1.91 bits per heavy atom. The van der Waals surface area contributed by atoms with Gasteiger partial charge < -0.3 is 5.32 Å². The molecule has 22 heavy (non-hydrogen) atoms. The predicted octanol–water partition coefficient (Wildman–Crippen LogP) is 2.30. The minimum absolute atomic E-state index is 0.0118. The summed E-state index contributed by atoms with van der Waals surface area (Å²) < 4.78 is 25.2. The Bertz CT molecular complexity index is 647. The molecule has 0 unspecified atom stereocenters. The van der Waals surface area contributed by atoms with E-state index < -0.39 is 10.0 Å². The second kappa shape index (κ2) is 6.79. The molecular formula is C16H24N2O3S. The fourth-order valence-corrected chi connectivity index (χ4v) is 3.82. The van der Waals surface area contributed by atoms with E-state index >= 15 is 0 Å². The minimum atomic E-state index is -3.14. The number of amides is 1. The van der Waals surface area contributed by atoms with Crippen LogP contribution in [0.3, 0.4) is 0 Å². The normalized spacial score (nSPS) is 17.4. The summed E-state index contributed by atoms with van der Waals surface area (Å²) in [6.07, 6.45) is 1.16. The summed E-state index contributed by atoms with van der Waals surface area (Å²) in [4.78, 5) is 12.4. The van der Waals surface area contributed by atoms with Crippen molar-refractivity contribution in [3.05, 3.63) is 29.3 Å². The highest BCUT2D eigenvalue weighted by atomic mass is 32.2. The molecule has 1 aromatic rings. The van der Waals surface area contributed by atoms with Gasteiger partial charge in [0.15, 0.2) is 0 Å². The van der Waals surface area contributed by atoms with E-state index in [1.54, 1.807) is 6.92 Å². The highest BCUT2D eigenvalue weighted by molar-refractivity contribution is 7.89. The molecular weight excluding hydrogens is 300 g/mol. The van der Waals surface area contributed by atoms with Crippen molar-refractivity contribution in [3.8, 4) is 0 Å². The molecule has 1 fully saturated rings. The first kappa shape index (κ1) is 17.0. The summed E-state index contributed by atoms with van der Waals surface area (Å²) in [7, 11) is -3.14. The number of nitrogens with one attached hydrogen (secondary N) is 1. The number of hydrogen-bond donors (Lipinski definition) is 1. The highest BCUT2D eigenvalue weighted by Crippen LogP contribution is 2.23. The lowest BCUT2D eigenvalue weighted by atomic mass is 9.97. The molecule has 5 nitrogen and oxygen atoms in total. The summed E-state index contributed by atoms with van der Waals surface area (Å²) in [5, 5.41) is 2.98. The first-order valence-electron chi connectivity index (χ1n) is 7.69.